The molecule has 1 spiro atoms. The van der Waals surface area contributed by atoms with Crippen molar-refractivity contribution in [1.82, 2.24) is 9.80 Å². The predicted octanol–water partition coefficient (Wildman–Crippen LogP) is 2.37. The van der Waals surface area contributed by atoms with Crippen molar-refractivity contribution in [3.8, 4) is 0 Å². The number of carbonyl (C=O) groups is 1. The van der Waals surface area contributed by atoms with Crippen molar-refractivity contribution >= 4 is 5.91 Å². The van der Waals surface area contributed by atoms with Crippen LogP contribution in [0.15, 0.2) is 0 Å². The molecule has 2 heterocycles. The van der Waals surface area contributed by atoms with Crippen molar-refractivity contribution in [3.05, 3.63) is 0 Å². The van der Waals surface area contributed by atoms with Crippen LogP contribution in [0.1, 0.15) is 46.5 Å². The molecular formula is C15H28N2O. The Bertz CT molecular complexity index is 285. The van der Waals surface area contributed by atoms with Crippen molar-refractivity contribution in [2.24, 2.45) is 11.3 Å². The number of hydrogen-bond acceptors (Lipinski definition) is 2. The van der Waals surface area contributed by atoms with Crippen LogP contribution >= 0.6 is 0 Å². The molecule has 0 radical (unpaired) electrons. The highest BCUT2D eigenvalue weighted by molar-refractivity contribution is 5.74. The number of nitrogens with zero attached hydrogens (tertiary/aromatic N) is 2. The minimum atomic E-state index is 0.250. The quantitative estimate of drug-likeness (QED) is 0.767. The van der Waals surface area contributed by atoms with E-state index in [1.165, 1.54) is 45.3 Å². The minimum Gasteiger partial charge on any atom is -0.342 e. The molecule has 0 saturated carbocycles. The molecule has 2 saturated heterocycles. The SMILES string of the molecule is CC(=O)N1CC2(CCN(CCCC(C)C)CC2)C1. The van der Waals surface area contributed by atoms with Gasteiger partial charge in [0.15, 0.2) is 0 Å². The van der Waals surface area contributed by atoms with Crippen LogP contribution < -0.4 is 0 Å². The van der Waals surface area contributed by atoms with Crippen LogP contribution in [-0.4, -0.2) is 48.4 Å². The summed E-state index contributed by atoms with van der Waals surface area (Å²) in [5.41, 5.74) is 0.486. The Labute approximate surface area is 112 Å². The molecule has 0 aromatic heterocycles. The zero-order valence-corrected chi connectivity index (χ0v) is 12.2. The molecule has 0 aromatic rings. The summed E-state index contributed by atoms with van der Waals surface area (Å²) in [5, 5.41) is 0. The molecule has 2 fully saturated rings. The first-order valence-corrected chi connectivity index (χ1v) is 7.49. The molecule has 0 aliphatic carbocycles. The second kappa shape index (κ2) is 5.60. The van der Waals surface area contributed by atoms with E-state index in [2.05, 4.69) is 18.7 Å². The summed E-state index contributed by atoms with van der Waals surface area (Å²) in [6, 6.07) is 0. The van der Waals surface area contributed by atoms with Gasteiger partial charge in [-0.05, 0) is 51.2 Å². The van der Waals surface area contributed by atoms with E-state index in [1.807, 2.05) is 4.90 Å². The Morgan fingerprint density at radius 3 is 2.33 bits per heavy atom. The topological polar surface area (TPSA) is 23.6 Å². The van der Waals surface area contributed by atoms with E-state index in [0.29, 0.717) is 5.41 Å². The Morgan fingerprint density at radius 2 is 1.83 bits per heavy atom. The first-order valence-electron chi connectivity index (χ1n) is 7.49. The fourth-order valence-electron chi connectivity index (χ4n) is 3.28. The van der Waals surface area contributed by atoms with Crippen LogP contribution in [0, 0.1) is 11.3 Å². The summed E-state index contributed by atoms with van der Waals surface area (Å²) < 4.78 is 0. The van der Waals surface area contributed by atoms with E-state index >= 15 is 0 Å². The Hall–Kier alpha value is -0.570. The summed E-state index contributed by atoms with van der Waals surface area (Å²) >= 11 is 0. The van der Waals surface area contributed by atoms with Crippen molar-refractivity contribution in [2.75, 3.05) is 32.7 Å². The van der Waals surface area contributed by atoms with Crippen molar-refractivity contribution in [2.45, 2.75) is 46.5 Å². The van der Waals surface area contributed by atoms with E-state index < -0.39 is 0 Å². The highest BCUT2D eigenvalue weighted by Gasteiger charge is 2.45. The van der Waals surface area contributed by atoms with Gasteiger partial charge in [0.05, 0.1) is 0 Å². The first-order chi connectivity index (χ1) is 8.51. The van der Waals surface area contributed by atoms with Gasteiger partial charge in [-0.1, -0.05) is 13.8 Å². The van der Waals surface area contributed by atoms with Gasteiger partial charge < -0.3 is 9.80 Å². The number of piperidine rings is 1. The molecule has 104 valence electrons. The lowest BCUT2D eigenvalue weighted by Crippen LogP contribution is -2.61. The highest BCUT2D eigenvalue weighted by atomic mass is 16.2. The standard InChI is InChI=1S/C15H28N2O/c1-13(2)5-4-8-16-9-6-15(7-10-16)11-17(12-15)14(3)18/h13H,4-12H2,1-3H3. The van der Waals surface area contributed by atoms with Crippen LogP contribution in [0.25, 0.3) is 0 Å². The Morgan fingerprint density at radius 1 is 1.22 bits per heavy atom. The van der Waals surface area contributed by atoms with E-state index in [0.717, 1.165) is 19.0 Å². The third kappa shape index (κ3) is 3.25. The van der Waals surface area contributed by atoms with Crippen LogP contribution in [0.5, 0.6) is 0 Å². The number of hydrogen-bond donors (Lipinski definition) is 0. The lowest BCUT2D eigenvalue weighted by atomic mass is 9.72. The van der Waals surface area contributed by atoms with Gasteiger partial charge in [0.2, 0.25) is 5.91 Å². The summed E-state index contributed by atoms with van der Waals surface area (Å²) in [5.74, 6) is 1.08. The summed E-state index contributed by atoms with van der Waals surface area (Å²) in [6.45, 7) is 12.1. The molecule has 3 nitrogen and oxygen atoms in total. The molecule has 0 N–H and O–H groups in total. The molecule has 2 aliphatic rings. The normalized spacial score (nSPS) is 23.4. The second-order valence-electron chi connectivity index (χ2n) is 6.75. The van der Waals surface area contributed by atoms with Gasteiger partial charge >= 0.3 is 0 Å². The molecule has 0 atom stereocenters. The predicted molar refractivity (Wildman–Crippen MR) is 74.4 cm³/mol. The Balaban J connectivity index is 1.65. The molecule has 1 amide bonds. The van der Waals surface area contributed by atoms with Crippen molar-refractivity contribution in [3.63, 3.8) is 0 Å². The molecule has 0 aromatic carbocycles. The maximum absolute atomic E-state index is 11.2. The van der Waals surface area contributed by atoms with Crippen LogP contribution in [0.4, 0.5) is 0 Å². The fraction of sp³-hybridized carbons (Fsp3) is 0.933. The van der Waals surface area contributed by atoms with Gasteiger partial charge in [-0.15, -0.1) is 0 Å². The van der Waals surface area contributed by atoms with E-state index in [1.54, 1.807) is 6.92 Å². The summed E-state index contributed by atoms with van der Waals surface area (Å²) in [4.78, 5) is 15.8. The zero-order chi connectivity index (χ0) is 13.2. The maximum atomic E-state index is 11.2. The van der Waals surface area contributed by atoms with Gasteiger partial charge in [0, 0.05) is 25.4 Å². The van der Waals surface area contributed by atoms with E-state index in [9.17, 15) is 4.79 Å². The summed E-state index contributed by atoms with van der Waals surface area (Å²) in [7, 11) is 0. The lowest BCUT2D eigenvalue weighted by molar-refractivity contribution is -0.144. The third-order valence-corrected chi connectivity index (χ3v) is 4.67. The number of likely N-dealkylation sites (tertiary alicyclic amines) is 2. The average molecular weight is 252 g/mol. The Kier molecular flexibility index (Phi) is 4.31. The van der Waals surface area contributed by atoms with E-state index in [-0.39, 0.29) is 5.91 Å². The number of amides is 1. The molecule has 2 rings (SSSR count). The highest BCUT2D eigenvalue weighted by Crippen LogP contribution is 2.40. The van der Waals surface area contributed by atoms with Gasteiger partial charge in [0.25, 0.3) is 0 Å². The van der Waals surface area contributed by atoms with Crippen LogP contribution in [-0.2, 0) is 4.79 Å². The molecule has 3 heteroatoms. The first kappa shape index (κ1) is 13.9. The van der Waals surface area contributed by atoms with Crippen LogP contribution in [0.3, 0.4) is 0 Å². The van der Waals surface area contributed by atoms with Gasteiger partial charge in [-0.2, -0.15) is 0 Å². The van der Waals surface area contributed by atoms with Crippen molar-refractivity contribution in [1.29, 1.82) is 0 Å². The monoisotopic (exact) mass is 252 g/mol. The second-order valence-corrected chi connectivity index (χ2v) is 6.75. The molecule has 2 aliphatic heterocycles. The van der Waals surface area contributed by atoms with E-state index in [4.69, 9.17) is 0 Å². The van der Waals surface area contributed by atoms with Gasteiger partial charge in [-0.25, -0.2) is 0 Å². The van der Waals surface area contributed by atoms with Gasteiger partial charge in [-0.3, -0.25) is 4.79 Å². The largest absolute Gasteiger partial charge is 0.342 e. The molecule has 0 unspecified atom stereocenters. The summed E-state index contributed by atoms with van der Waals surface area (Å²) in [6.07, 6.45) is 5.26. The molecule has 18 heavy (non-hydrogen) atoms. The average Bonchev–Trinajstić information content (AvgIpc) is 2.26. The van der Waals surface area contributed by atoms with Gasteiger partial charge in [0.1, 0.15) is 0 Å². The smallest absolute Gasteiger partial charge is 0.219 e. The number of rotatable bonds is 4. The molecular weight excluding hydrogens is 224 g/mol. The molecule has 0 bridgehead atoms. The fourth-order valence-corrected chi connectivity index (χ4v) is 3.28. The minimum absolute atomic E-state index is 0.250. The van der Waals surface area contributed by atoms with Crippen LogP contribution in [0.2, 0.25) is 0 Å². The maximum Gasteiger partial charge on any atom is 0.219 e. The van der Waals surface area contributed by atoms with Crippen molar-refractivity contribution < 1.29 is 4.79 Å². The zero-order valence-electron chi connectivity index (χ0n) is 12.2. The third-order valence-electron chi connectivity index (χ3n) is 4.67. The lowest BCUT2D eigenvalue weighted by Gasteiger charge is -2.53. The number of carbonyl (C=O) groups excluding carboxylic acids is 1.